The van der Waals surface area contributed by atoms with Crippen molar-refractivity contribution in [3.8, 4) is 21.8 Å². The molecule has 0 radical (unpaired) electrons. The number of hydrogen-bond acceptors (Lipinski definition) is 9. The number of anilines is 3. The largest absolute Gasteiger partial charge is 0.372 e. The summed E-state index contributed by atoms with van der Waals surface area (Å²) in [7, 11) is 2.19. The van der Waals surface area contributed by atoms with Crippen LogP contribution >= 0.6 is 22.7 Å². The number of pyridine rings is 1. The van der Waals surface area contributed by atoms with Crippen molar-refractivity contribution < 1.29 is 0 Å². The van der Waals surface area contributed by atoms with Gasteiger partial charge in [-0.05, 0) is 50.1 Å². The molecule has 2 aromatic carbocycles. The molecule has 1 fully saturated rings. The van der Waals surface area contributed by atoms with E-state index in [1.54, 1.807) is 28.3 Å². The van der Waals surface area contributed by atoms with Crippen molar-refractivity contribution in [3.63, 3.8) is 0 Å². The smallest absolute Gasteiger partial charge is 0.262 e. The van der Waals surface area contributed by atoms with Crippen LogP contribution in [-0.2, 0) is 6.54 Å². The standard InChI is InChI=1S/C34H33N7OS2/c1-22-30(38-32(44-22)23-9-5-3-6-10-23)28-19-24-20-36-34(39-31(24)41(33(28)42)21-29-35-17-18-43-29)37-25-13-15-27(16-14-25)40(2)26-11-7-4-8-12-26/h3,5-6,9-10,13-20,26H,4,7-8,11-12,21H2,1-2H3,(H,36,37,39). The molecule has 1 saturated carbocycles. The van der Waals surface area contributed by atoms with E-state index in [2.05, 4.69) is 51.5 Å². The molecule has 7 rings (SSSR count). The van der Waals surface area contributed by atoms with Crippen LogP contribution in [0.2, 0.25) is 0 Å². The summed E-state index contributed by atoms with van der Waals surface area (Å²) in [6.45, 7) is 2.32. The normalized spacial score (nSPS) is 13.8. The second kappa shape index (κ2) is 12.3. The predicted octanol–water partition coefficient (Wildman–Crippen LogP) is 7.91. The molecule has 0 bridgehead atoms. The van der Waals surface area contributed by atoms with Gasteiger partial charge in [-0.25, -0.2) is 15.0 Å². The third-order valence-electron chi connectivity index (χ3n) is 8.33. The molecule has 0 saturated heterocycles. The summed E-state index contributed by atoms with van der Waals surface area (Å²) < 4.78 is 1.69. The summed E-state index contributed by atoms with van der Waals surface area (Å²) in [6, 6.07) is 20.9. The van der Waals surface area contributed by atoms with Gasteiger partial charge in [-0.3, -0.25) is 9.36 Å². The molecule has 1 aliphatic carbocycles. The Morgan fingerprint density at radius 3 is 2.55 bits per heavy atom. The van der Waals surface area contributed by atoms with Crippen LogP contribution < -0.4 is 15.8 Å². The summed E-state index contributed by atoms with van der Waals surface area (Å²) >= 11 is 3.10. The van der Waals surface area contributed by atoms with Crippen LogP contribution in [0.15, 0.2) is 83.2 Å². The van der Waals surface area contributed by atoms with Crippen molar-refractivity contribution in [2.45, 2.75) is 51.6 Å². The third-order valence-corrected chi connectivity index (χ3v) is 10.1. The van der Waals surface area contributed by atoms with E-state index in [1.807, 2.05) is 48.7 Å². The topological polar surface area (TPSA) is 88.8 Å². The molecule has 4 heterocycles. The fourth-order valence-corrected chi connectivity index (χ4v) is 7.48. The molecule has 0 amide bonds. The minimum atomic E-state index is -0.152. The van der Waals surface area contributed by atoms with Crippen molar-refractivity contribution in [2.24, 2.45) is 0 Å². The Morgan fingerprint density at radius 2 is 1.80 bits per heavy atom. The minimum absolute atomic E-state index is 0.152. The van der Waals surface area contributed by atoms with Crippen LogP contribution in [0.25, 0.3) is 32.9 Å². The van der Waals surface area contributed by atoms with Gasteiger partial charge in [0.05, 0.1) is 17.8 Å². The van der Waals surface area contributed by atoms with E-state index < -0.39 is 0 Å². The van der Waals surface area contributed by atoms with E-state index >= 15 is 0 Å². The fraction of sp³-hybridized carbons (Fsp3) is 0.265. The monoisotopic (exact) mass is 619 g/mol. The van der Waals surface area contributed by atoms with E-state index in [0.29, 0.717) is 35.4 Å². The Labute approximate surface area is 264 Å². The van der Waals surface area contributed by atoms with Gasteiger partial charge in [-0.15, -0.1) is 22.7 Å². The van der Waals surface area contributed by atoms with Crippen molar-refractivity contribution in [1.82, 2.24) is 24.5 Å². The van der Waals surface area contributed by atoms with Crippen LogP contribution in [0, 0.1) is 6.92 Å². The summed E-state index contributed by atoms with van der Waals surface area (Å²) in [4.78, 5) is 36.4. The summed E-state index contributed by atoms with van der Waals surface area (Å²) in [5.41, 5.74) is 4.75. The van der Waals surface area contributed by atoms with Gasteiger partial charge in [0.15, 0.2) is 0 Å². The van der Waals surface area contributed by atoms with Gasteiger partial charge in [0, 0.05) is 58.1 Å². The number of aryl methyl sites for hydroxylation is 1. The number of nitrogens with zero attached hydrogens (tertiary/aromatic N) is 6. The third kappa shape index (κ3) is 5.75. The molecule has 6 aromatic rings. The molecule has 1 aliphatic rings. The molecule has 0 spiro atoms. The van der Waals surface area contributed by atoms with E-state index in [1.165, 1.54) is 49.1 Å². The molecule has 44 heavy (non-hydrogen) atoms. The van der Waals surface area contributed by atoms with Gasteiger partial charge in [-0.2, -0.15) is 4.98 Å². The zero-order valence-corrected chi connectivity index (χ0v) is 26.4. The van der Waals surface area contributed by atoms with E-state index in [-0.39, 0.29) is 5.56 Å². The molecule has 0 atom stereocenters. The van der Waals surface area contributed by atoms with Crippen LogP contribution in [0.4, 0.5) is 17.3 Å². The lowest BCUT2D eigenvalue weighted by Gasteiger charge is -2.33. The maximum Gasteiger partial charge on any atom is 0.262 e. The van der Waals surface area contributed by atoms with Crippen molar-refractivity contribution >= 4 is 51.0 Å². The van der Waals surface area contributed by atoms with Gasteiger partial charge < -0.3 is 10.2 Å². The first-order valence-corrected chi connectivity index (χ1v) is 16.7. The lowest BCUT2D eigenvalue weighted by molar-refractivity contribution is 0.427. The van der Waals surface area contributed by atoms with Gasteiger partial charge >= 0.3 is 0 Å². The van der Waals surface area contributed by atoms with Crippen LogP contribution in [0.1, 0.15) is 42.0 Å². The maximum atomic E-state index is 14.1. The zero-order chi connectivity index (χ0) is 30.0. The summed E-state index contributed by atoms with van der Waals surface area (Å²) in [5.74, 6) is 0.433. The molecule has 222 valence electrons. The average Bonchev–Trinajstić information content (AvgIpc) is 3.73. The molecule has 0 unspecified atom stereocenters. The second-order valence-corrected chi connectivity index (χ2v) is 13.4. The number of benzene rings is 2. The van der Waals surface area contributed by atoms with Crippen molar-refractivity contribution in [2.75, 3.05) is 17.3 Å². The first-order chi connectivity index (χ1) is 21.5. The fourth-order valence-electron chi connectivity index (χ4n) is 5.94. The molecule has 0 aliphatic heterocycles. The van der Waals surface area contributed by atoms with E-state index in [0.717, 1.165) is 31.5 Å². The maximum absolute atomic E-state index is 14.1. The van der Waals surface area contributed by atoms with Crippen LogP contribution in [0.3, 0.4) is 0 Å². The number of thiazole rings is 2. The Hall–Kier alpha value is -4.41. The number of rotatable bonds is 8. The Bertz CT molecular complexity index is 1940. The number of fused-ring (bicyclic) bond motifs is 1. The Balaban J connectivity index is 1.23. The zero-order valence-electron chi connectivity index (χ0n) is 24.7. The lowest BCUT2D eigenvalue weighted by Crippen LogP contribution is -2.33. The second-order valence-electron chi connectivity index (χ2n) is 11.2. The highest BCUT2D eigenvalue weighted by molar-refractivity contribution is 7.15. The number of hydrogen-bond donors (Lipinski definition) is 1. The van der Waals surface area contributed by atoms with Crippen molar-refractivity contribution in [1.29, 1.82) is 0 Å². The Kier molecular flexibility index (Phi) is 7.93. The van der Waals surface area contributed by atoms with Gasteiger partial charge in [-0.1, -0.05) is 49.6 Å². The molecule has 10 heteroatoms. The minimum Gasteiger partial charge on any atom is -0.372 e. The van der Waals surface area contributed by atoms with Crippen LogP contribution in [0.5, 0.6) is 0 Å². The predicted molar refractivity (Wildman–Crippen MR) is 181 cm³/mol. The van der Waals surface area contributed by atoms with E-state index in [4.69, 9.17) is 9.97 Å². The first-order valence-electron chi connectivity index (χ1n) is 15.0. The molecular weight excluding hydrogens is 587 g/mol. The Morgan fingerprint density at radius 1 is 1.00 bits per heavy atom. The summed E-state index contributed by atoms with van der Waals surface area (Å²) in [6.07, 6.45) is 9.99. The quantitative estimate of drug-likeness (QED) is 0.185. The first kappa shape index (κ1) is 28.4. The highest BCUT2D eigenvalue weighted by Crippen LogP contribution is 2.33. The van der Waals surface area contributed by atoms with Gasteiger partial charge in [0.2, 0.25) is 5.95 Å². The molecule has 4 aromatic heterocycles. The van der Waals surface area contributed by atoms with Gasteiger partial charge in [0.25, 0.3) is 5.56 Å². The van der Waals surface area contributed by atoms with Crippen molar-refractivity contribution in [3.05, 3.63) is 98.7 Å². The van der Waals surface area contributed by atoms with Crippen LogP contribution in [-0.4, -0.2) is 37.6 Å². The average molecular weight is 620 g/mol. The number of aromatic nitrogens is 5. The SMILES string of the molecule is Cc1sc(-c2ccccc2)nc1-c1cc2cnc(Nc3ccc(N(C)C4CCCCC4)cc3)nc2n(Cc2nccs2)c1=O. The van der Waals surface area contributed by atoms with Gasteiger partial charge in [0.1, 0.15) is 15.7 Å². The summed E-state index contributed by atoms with van der Waals surface area (Å²) in [5, 5.41) is 7.74. The molecular formula is C34H33N7OS2. The lowest BCUT2D eigenvalue weighted by atomic mass is 9.94. The highest BCUT2D eigenvalue weighted by Gasteiger charge is 2.20. The molecule has 1 N–H and O–H groups in total. The molecule has 8 nitrogen and oxygen atoms in total. The number of nitrogens with one attached hydrogen (secondary N) is 1. The highest BCUT2D eigenvalue weighted by atomic mass is 32.1. The van der Waals surface area contributed by atoms with E-state index in [9.17, 15) is 4.79 Å².